The van der Waals surface area contributed by atoms with Crippen LogP contribution >= 0.6 is 0 Å². The molecule has 56 valence electrons. The Hall–Kier alpha value is -0.730. The summed E-state index contributed by atoms with van der Waals surface area (Å²) in [5.41, 5.74) is 1.18. The van der Waals surface area contributed by atoms with Crippen molar-refractivity contribution >= 4 is 5.71 Å². The lowest BCUT2D eigenvalue weighted by atomic mass is 9.85. The van der Waals surface area contributed by atoms with E-state index >= 15 is 0 Å². The molecule has 3 nitrogen and oxygen atoms in total. The Bertz CT molecular complexity index is 186. The van der Waals surface area contributed by atoms with Crippen molar-refractivity contribution in [1.29, 1.82) is 0 Å². The number of hydrogen-bond acceptors (Lipinski definition) is 3. The van der Waals surface area contributed by atoms with Gasteiger partial charge in [0.1, 0.15) is 6.04 Å². The molecule has 1 rings (SSSR count). The molecule has 0 aromatic rings. The SMILES string of the molecule is CC1=NN=NC1C(C)(C)C. The van der Waals surface area contributed by atoms with Crippen LogP contribution in [0.1, 0.15) is 27.7 Å². The van der Waals surface area contributed by atoms with Crippen LogP contribution in [0.2, 0.25) is 0 Å². The molecule has 0 spiro atoms. The Kier molecular flexibility index (Phi) is 1.58. The summed E-state index contributed by atoms with van der Waals surface area (Å²) >= 11 is 0. The highest BCUT2D eigenvalue weighted by atomic mass is 15.4. The van der Waals surface area contributed by atoms with Crippen LogP contribution in [0.25, 0.3) is 0 Å². The van der Waals surface area contributed by atoms with Crippen LogP contribution in [0.3, 0.4) is 0 Å². The van der Waals surface area contributed by atoms with E-state index < -0.39 is 0 Å². The van der Waals surface area contributed by atoms with Gasteiger partial charge in [0.15, 0.2) is 0 Å². The molecule has 1 aliphatic heterocycles. The van der Waals surface area contributed by atoms with E-state index in [0.717, 1.165) is 5.71 Å². The predicted molar refractivity (Wildman–Crippen MR) is 41.2 cm³/mol. The minimum Gasteiger partial charge on any atom is -0.159 e. The third kappa shape index (κ3) is 1.23. The zero-order valence-electron chi connectivity index (χ0n) is 6.92. The fraction of sp³-hybridized carbons (Fsp3) is 0.857. The second-order valence-corrected chi connectivity index (χ2v) is 3.71. The van der Waals surface area contributed by atoms with Crippen molar-refractivity contribution in [2.75, 3.05) is 0 Å². The summed E-state index contributed by atoms with van der Waals surface area (Å²) < 4.78 is 0. The highest BCUT2D eigenvalue weighted by Gasteiger charge is 2.29. The van der Waals surface area contributed by atoms with E-state index in [-0.39, 0.29) is 11.5 Å². The van der Waals surface area contributed by atoms with Crippen LogP contribution in [-0.2, 0) is 0 Å². The van der Waals surface area contributed by atoms with Gasteiger partial charge in [0.2, 0.25) is 0 Å². The monoisotopic (exact) mass is 139 g/mol. The highest BCUT2D eigenvalue weighted by molar-refractivity contribution is 5.88. The molecule has 0 saturated heterocycles. The first-order valence-corrected chi connectivity index (χ1v) is 3.46. The maximum atomic E-state index is 4.01. The summed E-state index contributed by atoms with van der Waals surface area (Å²) in [5, 5.41) is 11.5. The molecule has 0 N–H and O–H groups in total. The molecule has 1 aliphatic rings. The summed E-state index contributed by atoms with van der Waals surface area (Å²) in [6.45, 7) is 8.39. The lowest BCUT2D eigenvalue weighted by Crippen LogP contribution is -2.28. The summed E-state index contributed by atoms with van der Waals surface area (Å²) in [5.74, 6) is 0. The maximum Gasteiger partial charge on any atom is 0.117 e. The van der Waals surface area contributed by atoms with E-state index in [0.29, 0.717) is 0 Å². The van der Waals surface area contributed by atoms with Crippen LogP contribution in [-0.4, -0.2) is 11.8 Å². The van der Waals surface area contributed by atoms with Crippen molar-refractivity contribution < 1.29 is 0 Å². The lowest BCUT2D eigenvalue weighted by molar-refractivity contribution is 0.380. The summed E-state index contributed by atoms with van der Waals surface area (Å²) in [7, 11) is 0. The Morgan fingerprint density at radius 2 is 1.90 bits per heavy atom. The van der Waals surface area contributed by atoms with E-state index in [4.69, 9.17) is 0 Å². The first-order valence-electron chi connectivity index (χ1n) is 3.46. The molecular formula is C7H13N3. The van der Waals surface area contributed by atoms with Gasteiger partial charge in [0.25, 0.3) is 0 Å². The van der Waals surface area contributed by atoms with Crippen molar-refractivity contribution in [2.45, 2.75) is 33.7 Å². The Morgan fingerprint density at radius 3 is 2.10 bits per heavy atom. The van der Waals surface area contributed by atoms with Crippen LogP contribution in [0, 0.1) is 5.41 Å². The van der Waals surface area contributed by atoms with Crippen LogP contribution < -0.4 is 0 Å². The largest absolute Gasteiger partial charge is 0.159 e. The molecule has 0 aliphatic carbocycles. The van der Waals surface area contributed by atoms with Gasteiger partial charge in [0, 0.05) is 0 Å². The van der Waals surface area contributed by atoms with Crippen LogP contribution in [0.15, 0.2) is 15.4 Å². The van der Waals surface area contributed by atoms with Gasteiger partial charge in [-0.15, -0.1) is 5.10 Å². The van der Waals surface area contributed by atoms with E-state index in [1.165, 1.54) is 0 Å². The van der Waals surface area contributed by atoms with Gasteiger partial charge in [-0.25, -0.2) is 0 Å². The minimum absolute atomic E-state index is 0.160. The molecule has 3 heteroatoms. The smallest absolute Gasteiger partial charge is 0.117 e. The fourth-order valence-electron chi connectivity index (χ4n) is 1.09. The molecule has 0 fully saturated rings. The van der Waals surface area contributed by atoms with Crippen molar-refractivity contribution in [1.82, 2.24) is 0 Å². The first kappa shape index (κ1) is 7.38. The fourth-order valence-corrected chi connectivity index (χ4v) is 1.09. The Morgan fingerprint density at radius 1 is 1.30 bits per heavy atom. The van der Waals surface area contributed by atoms with Crippen molar-refractivity contribution in [3.05, 3.63) is 0 Å². The minimum atomic E-state index is 0.160. The van der Waals surface area contributed by atoms with Gasteiger partial charge in [-0.05, 0) is 17.6 Å². The Balaban J connectivity index is 2.76. The highest BCUT2D eigenvalue weighted by Crippen LogP contribution is 2.26. The van der Waals surface area contributed by atoms with E-state index in [1.807, 2.05) is 6.92 Å². The van der Waals surface area contributed by atoms with Gasteiger partial charge in [0.05, 0.1) is 5.71 Å². The predicted octanol–water partition coefficient (Wildman–Crippen LogP) is 2.24. The van der Waals surface area contributed by atoms with Crippen molar-refractivity contribution in [3.63, 3.8) is 0 Å². The third-order valence-electron chi connectivity index (χ3n) is 1.59. The number of nitrogens with zero attached hydrogens (tertiary/aromatic N) is 3. The van der Waals surface area contributed by atoms with Gasteiger partial charge in [-0.1, -0.05) is 20.8 Å². The van der Waals surface area contributed by atoms with Crippen LogP contribution in [0.5, 0.6) is 0 Å². The van der Waals surface area contributed by atoms with E-state index in [1.54, 1.807) is 0 Å². The molecular weight excluding hydrogens is 126 g/mol. The molecule has 0 amide bonds. The van der Waals surface area contributed by atoms with Gasteiger partial charge >= 0.3 is 0 Å². The average Bonchev–Trinajstić information content (AvgIpc) is 2.11. The number of hydrogen-bond donors (Lipinski definition) is 0. The first-order chi connectivity index (χ1) is 4.52. The maximum absolute atomic E-state index is 4.01. The third-order valence-corrected chi connectivity index (χ3v) is 1.59. The second-order valence-electron chi connectivity index (χ2n) is 3.71. The summed E-state index contributed by atoms with van der Waals surface area (Å²) in [6.07, 6.45) is 0. The van der Waals surface area contributed by atoms with Crippen molar-refractivity contribution in [2.24, 2.45) is 20.9 Å². The standard InChI is InChI=1S/C7H13N3/c1-5-6(7(2,3)4)9-10-8-5/h6H,1-4H3. The molecule has 1 atom stereocenters. The average molecular weight is 139 g/mol. The normalized spacial score (nSPS) is 25.2. The molecule has 0 aromatic heterocycles. The van der Waals surface area contributed by atoms with Crippen molar-refractivity contribution in [3.8, 4) is 0 Å². The van der Waals surface area contributed by atoms with Crippen LogP contribution in [0.4, 0.5) is 0 Å². The zero-order chi connectivity index (χ0) is 7.78. The number of rotatable bonds is 0. The van der Waals surface area contributed by atoms with Gasteiger partial charge in [-0.2, -0.15) is 5.11 Å². The van der Waals surface area contributed by atoms with E-state index in [9.17, 15) is 0 Å². The molecule has 10 heavy (non-hydrogen) atoms. The molecule has 0 saturated carbocycles. The molecule has 0 bridgehead atoms. The van der Waals surface area contributed by atoms with Gasteiger partial charge < -0.3 is 0 Å². The quantitative estimate of drug-likeness (QED) is 0.493. The molecule has 1 unspecified atom stereocenters. The zero-order valence-corrected chi connectivity index (χ0v) is 6.92. The Labute approximate surface area is 61.2 Å². The molecule has 1 heterocycles. The molecule has 0 aromatic carbocycles. The molecule has 0 radical (unpaired) electrons. The lowest BCUT2D eigenvalue weighted by Gasteiger charge is -2.22. The summed E-state index contributed by atoms with van der Waals surface area (Å²) in [4.78, 5) is 0. The van der Waals surface area contributed by atoms with Gasteiger partial charge in [-0.3, -0.25) is 0 Å². The van der Waals surface area contributed by atoms with E-state index in [2.05, 4.69) is 36.2 Å². The topological polar surface area (TPSA) is 37.1 Å². The summed E-state index contributed by atoms with van der Waals surface area (Å²) in [6, 6.07) is 0.187. The second kappa shape index (κ2) is 2.15.